The first-order chi connectivity index (χ1) is 8.41. The lowest BCUT2D eigenvalue weighted by Crippen LogP contribution is -1.88. The summed E-state index contributed by atoms with van der Waals surface area (Å²) in [7, 11) is 0. The first kappa shape index (κ1) is 12.3. The molecule has 0 spiro atoms. The molecular formula is C15H16O3. The average molecular weight is 244 g/mol. The highest BCUT2D eigenvalue weighted by molar-refractivity contribution is 5.82. The van der Waals surface area contributed by atoms with Crippen molar-refractivity contribution < 1.29 is 15.3 Å². The van der Waals surface area contributed by atoms with Crippen molar-refractivity contribution in [1.29, 1.82) is 0 Å². The predicted octanol–water partition coefficient (Wildman–Crippen LogP) is 3.40. The molecule has 0 bridgehead atoms. The standard InChI is InChI=1S/C15H16O3/c1-8-4-5-9(2)11(6-8)13-12(16)7-10(3)14(17)15(13)18/h4-7,16-18H,1-3H3. The summed E-state index contributed by atoms with van der Waals surface area (Å²) in [5, 5.41) is 29.8. The molecule has 0 aliphatic heterocycles. The van der Waals surface area contributed by atoms with Crippen LogP contribution in [0.2, 0.25) is 0 Å². The Labute approximate surface area is 106 Å². The number of aromatic hydroxyl groups is 3. The van der Waals surface area contributed by atoms with Crippen molar-refractivity contribution in [3.63, 3.8) is 0 Å². The molecule has 0 saturated carbocycles. The second-order valence-electron chi connectivity index (χ2n) is 4.60. The second kappa shape index (κ2) is 4.26. The molecule has 0 aliphatic rings. The van der Waals surface area contributed by atoms with E-state index in [0.717, 1.165) is 16.7 Å². The molecule has 0 amide bonds. The van der Waals surface area contributed by atoms with Gasteiger partial charge in [-0.15, -0.1) is 0 Å². The molecule has 3 N–H and O–H groups in total. The minimum atomic E-state index is -0.277. The van der Waals surface area contributed by atoms with Crippen molar-refractivity contribution in [3.05, 3.63) is 41.0 Å². The zero-order chi connectivity index (χ0) is 13.4. The molecule has 0 saturated heterocycles. The Morgan fingerprint density at radius 1 is 0.778 bits per heavy atom. The van der Waals surface area contributed by atoms with Crippen molar-refractivity contribution in [3.8, 4) is 28.4 Å². The molecule has 0 aromatic heterocycles. The number of phenolic OH excluding ortho intramolecular Hbond substituents is 3. The maximum absolute atomic E-state index is 10.0. The van der Waals surface area contributed by atoms with Gasteiger partial charge in [-0.2, -0.15) is 0 Å². The minimum Gasteiger partial charge on any atom is -0.507 e. The molecule has 94 valence electrons. The lowest BCUT2D eigenvalue weighted by Gasteiger charge is -2.13. The Kier molecular flexibility index (Phi) is 2.91. The van der Waals surface area contributed by atoms with Gasteiger partial charge in [0.25, 0.3) is 0 Å². The summed E-state index contributed by atoms with van der Waals surface area (Å²) in [5.41, 5.74) is 3.39. The van der Waals surface area contributed by atoms with Crippen LogP contribution in [0.15, 0.2) is 24.3 Å². The summed E-state index contributed by atoms with van der Waals surface area (Å²) in [6.45, 7) is 5.46. The average Bonchev–Trinajstić information content (AvgIpc) is 2.31. The van der Waals surface area contributed by atoms with E-state index in [1.165, 1.54) is 6.07 Å². The van der Waals surface area contributed by atoms with Gasteiger partial charge >= 0.3 is 0 Å². The van der Waals surface area contributed by atoms with Crippen molar-refractivity contribution in [2.24, 2.45) is 0 Å². The third-order valence-electron chi connectivity index (χ3n) is 3.11. The van der Waals surface area contributed by atoms with E-state index in [2.05, 4.69) is 0 Å². The molecule has 0 unspecified atom stereocenters. The van der Waals surface area contributed by atoms with Gasteiger partial charge in [0.05, 0.1) is 5.56 Å². The maximum atomic E-state index is 10.0. The Balaban J connectivity index is 2.79. The summed E-state index contributed by atoms with van der Waals surface area (Å²) in [6.07, 6.45) is 0. The lowest BCUT2D eigenvalue weighted by atomic mass is 9.95. The van der Waals surface area contributed by atoms with E-state index in [1.54, 1.807) is 6.92 Å². The molecule has 18 heavy (non-hydrogen) atoms. The number of benzene rings is 2. The first-order valence-corrected chi connectivity index (χ1v) is 5.74. The topological polar surface area (TPSA) is 60.7 Å². The van der Waals surface area contributed by atoms with Gasteiger partial charge in [0.15, 0.2) is 11.5 Å². The van der Waals surface area contributed by atoms with Crippen LogP contribution in [0, 0.1) is 20.8 Å². The van der Waals surface area contributed by atoms with Gasteiger partial charge < -0.3 is 15.3 Å². The van der Waals surface area contributed by atoms with Gasteiger partial charge in [-0.25, -0.2) is 0 Å². The molecule has 3 nitrogen and oxygen atoms in total. The van der Waals surface area contributed by atoms with Crippen LogP contribution in [-0.4, -0.2) is 15.3 Å². The highest BCUT2D eigenvalue weighted by atomic mass is 16.3. The molecule has 0 heterocycles. The number of hydrogen-bond donors (Lipinski definition) is 3. The van der Waals surface area contributed by atoms with Gasteiger partial charge in [-0.3, -0.25) is 0 Å². The smallest absolute Gasteiger partial charge is 0.169 e. The third kappa shape index (κ3) is 1.88. The minimum absolute atomic E-state index is 0.0310. The zero-order valence-corrected chi connectivity index (χ0v) is 10.7. The summed E-state index contributed by atoms with van der Waals surface area (Å²) in [5.74, 6) is -0.499. The highest BCUT2D eigenvalue weighted by Crippen LogP contribution is 2.45. The fourth-order valence-electron chi connectivity index (χ4n) is 2.04. The fourth-order valence-corrected chi connectivity index (χ4v) is 2.04. The predicted molar refractivity (Wildman–Crippen MR) is 71.1 cm³/mol. The van der Waals surface area contributed by atoms with Crippen LogP contribution in [0.25, 0.3) is 11.1 Å². The van der Waals surface area contributed by atoms with E-state index in [1.807, 2.05) is 32.0 Å². The van der Waals surface area contributed by atoms with E-state index in [0.29, 0.717) is 5.56 Å². The summed E-state index contributed by atoms with van der Waals surface area (Å²) in [6, 6.07) is 7.20. The fraction of sp³-hybridized carbons (Fsp3) is 0.200. The van der Waals surface area contributed by atoms with Gasteiger partial charge in [-0.1, -0.05) is 23.8 Å². The molecule has 0 aliphatic carbocycles. The van der Waals surface area contributed by atoms with Gasteiger partial charge in [0, 0.05) is 0 Å². The second-order valence-corrected chi connectivity index (χ2v) is 4.60. The third-order valence-corrected chi connectivity index (χ3v) is 3.11. The van der Waals surface area contributed by atoms with Crippen LogP contribution < -0.4 is 0 Å². The number of hydrogen-bond acceptors (Lipinski definition) is 3. The van der Waals surface area contributed by atoms with Crippen molar-refractivity contribution in [2.75, 3.05) is 0 Å². The largest absolute Gasteiger partial charge is 0.507 e. The monoisotopic (exact) mass is 244 g/mol. The van der Waals surface area contributed by atoms with E-state index in [-0.39, 0.29) is 22.8 Å². The number of phenols is 3. The Morgan fingerprint density at radius 3 is 2.11 bits per heavy atom. The normalized spacial score (nSPS) is 10.6. The van der Waals surface area contributed by atoms with Crippen molar-refractivity contribution >= 4 is 0 Å². The maximum Gasteiger partial charge on any atom is 0.169 e. The summed E-state index contributed by atoms with van der Waals surface area (Å²) >= 11 is 0. The Bertz CT molecular complexity index is 616. The van der Waals surface area contributed by atoms with Crippen molar-refractivity contribution in [2.45, 2.75) is 20.8 Å². The van der Waals surface area contributed by atoms with Crippen molar-refractivity contribution in [1.82, 2.24) is 0 Å². The molecule has 0 fully saturated rings. The molecule has 2 aromatic carbocycles. The molecular weight excluding hydrogens is 228 g/mol. The van der Waals surface area contributed by atoms with Crippen LogP contribution >= 0.6 is 0 Å². The number of rotatable bonds is 1. The molecule has 0 radical (unpaired) electrons. The van der Waals surface area contributed by atoms with Crippen LogP contribution in [0.4, 0.5) is 0 Å². The van der Waals surface area contributed by atoms with E-state index >= 15 is 0 Å². The van der Waals surface area contributed by atoms with Crippen LogP contribution in [-0.2, 0) is 0 Å². The molecule has 0 atom stereocenters. The molecule has 2 rings (SSSR count). The van der Waals surface area contributed by atoms with Crippen LogP contribution in [0.1, 0.15) is 16.7 Å². The quantitative estimate of drug-likeness (QED) is 0.532. The molecule has 3 heteroatoms. The van der Waals surface area contributed by atoms with Gasteiger partial charge in [0.2, 0.25) is 0 Å². The highest BCUT2D eigenvalue weighted by Gasteiger charge is 2.18. The SMILES string of the molecule is Cc1ccc(C)c(-c2c(O)cc(C)c(O)c2O)c1. The Morgan fingerprint density at radius 2 is 1.44 bits per heavy atom. The lowest BCUT2D eigenvalue weighted by molar-refractivity contribution is 0.396. The summed E-state index contributed by atoms with van der Waals surface area (Å²) in [4.78, 5) is 0. The number of aryl methyl sites for hydroxylation is 3. The van der Waals surface area contributed by atoms with Crippen LogP contribution in [0.5, 0.6) is 17.2 Å². The van der Waals surface area contributed by atoms with Gasteiger partial charge in [-0.05, 0) is 43.5 Å². The summed E-state index contributed by atoms with van der Waals surface area (Å²) < 4.78 is 0. The van der Waals surface area contributed by atoms with Gasteiger partial charge in [0.1, 0.15) is 5.75 Å². The van der Waals surface area contributed by atoms with Crippen LogP contribution in [0.3, 0.4) is 0 Å². The molecule has 2 aromatic rings. The first-order valence-electron chi connectivity index (χ1n) is 5.74. The Hall–Kier alpha value is -2.16. The van der Waals surface area contributed by atoms with E-state index in [4.69, 9.17) is 0 Å². The zero-order valence-electron chi connectivity index (χ0n) is 10.7. The van der Waals surface area contributed by atoms with E-state index in [9.17, 15) is 15.3 Å². The van der Waals surface area contributed by atoms with E-state index < -0.39 is 0 Å².